The zero-order valence-electron chi connectivity index (χ0n) is 17.9. The van der Waals surface area contributed by atoms with Crippen molar-refractivity contribution in [3.8, 4) is 17.2 Å². The van der Waals surface area contributed by atoms with Crippen LogP contribution in [0.5, 0.6) is 17.2 Å². The molecule has 2 aromatic rings. The molecule has 1 aromatic carbocycles. The molecular formula is C23H30N4O4. The monoisotopic (exact) mass is 426 g/mol. The lowest BCUT2D eigenvalue weighted by molar-refractivity contribution is -0.0172. The predicted octanol–water partition coefficient (Wildman–Crippen LogP) is 1.58. The van der Waals surface area contributed by atoms with E-state index in [2.05, 4.69) is 25.8 Å². The summed E-state index contributed by atoms with van der Waals surface area (Å²) in [7, 11) is 1.64. The van der Waals surface area contributed by atoms with Gasteiger partial charge in [0.15, 0.2) is 11.5 Å². The van der Waals surface area contributed by atoms with Crippen LogP contribution in [0.25, 0.3) is 0 Å². The van der Waals surface area contributed by atoms with Gasteiger partial charge in [0.05, 0.1) is 13.2 Å². The van der Waals surface area contributed by atoms with E-state index in [1.807, 2.05) is 30.5 Å². The first-order valence-corrected chi connectivity index (χ1v) is 11.0. The maximum Gasteiger partial charge on any atom is 0.231 e. The van der Waals surface area contributed by atoms with Crippen LogP contribution in [0.3, 0.4) is 0 Å². The van der Waals surface area contributed by atoms with Gasteiger partial charge in [-0.3, -0.25) is 9.80 Å². The first kappa shape index (κ1) is 20.4. The normalized spacial score (nSPS) is 24.4. The molecule has 0 spiro atoms. The molecule has 2 atom stereocenters. The summed E-state index contributed by atoms with van der Waals surface area (Å²) in [5.41, 5.74) is 1.11. The number of aromatic nitrogens is 1. The predicted molar refractivity (Wildman–Crippen MR) is 117 cm³/mol. The summed E-state index contributed by atoms with van der Waals surface area (Å²) in [5.74, 6) is 3.15. The minimum atomic E-state index is -0.356. The first-order valence-electron chi connectivity index (χ1n) is 11.0. The molecule has 0 unspecified atom stereocenters. The van der Waals surface area contributed by atoms with Crippen molar-refractivity contribution in [2.75, 3.05) is 58.1 Å². The smallest absolute Gasteiger partial charge is 0.231 e. The molecule has 1 aromatic heterocycles. The number of aliphatic hydroxyl groups excluding tert-OH is 1. The quantitative estimate of drug-likeness (QED) is 0.773. The van der Waals surface area contributed by atoms with Gasteiger partial charge in [-0.05, 0) is 36.2 Å². The fourth-order valence-electron chi connectivity index (χ4n) is 4.91. The number of rotatable bonds is 5. The van der Waals surface area contributed by atoms with E-state index >= 15 is 0 Å². The number of methoxy groups -OCH3 is 1. The molecule has 2 fully saturated rings. The van der Waals surface area contributed by atoms with Gasteiger partial charge in [0, 0.05) is 58.1 Å². The zero-order chi connectivity index (χ0) is 21.2. The number of anilines is 1. The number of ether oxygens (including phenoxy) is 3. The summed E-state index contributed by atoms with van der Waals surface area (Å²) in [5, 5.41) is 10.9. The van der Waals surface area contributed by atoms with Crippen LogP contribution < -0.4 is 19.1 Å². The summed E-state index contributed by atoms with van der Waals surface area (Å²) in [6.45, 7) is 6.41. The lowest BCUT2D eigenvalue weighted by Gasteiger charge is -2.45. The van der Waals surface area contributed by atoms with Gasteiger partial charge in [-0.25, -0.2) is 4.98 Å². The molecule has 8 heteroatoms. The van der Waals surface area contributed by atoms with E-state index in [0.717, 1.165) is 62.8 Å². The van der Waals surface area contributed by atoms with Crippen molar-refractivity contribution >= 4 is 5.82 Å². The maximum absolute atomic E-state index is 10.9. The SMILES string of the molecule is COc1cc(CN2CC[C@@H](N3CCN(c4ccccn4)CC3)[C@H](O)C2)cc2c1OCO2. The van der Waals surface area contributed by atoms with Crippen molar-refractivity contribution in [3.05, 3.63) is 42.1 Å². The number of fused-ring (bicyclic) bond motifs is 1. The molecule has 3 aliphatic rings. The van der Waals surface area contributed by atoms with Gasteiger partial charge >= 0.3 is 0 Å². The average molecular weight is 427 g/mol. The highest BCUT2D eigenvalue weighted by Gasteiger charge is 2.34. The van der Waals surface area contributed by atoms with E-state index in [9.17, 15) is 5.11 Å². The van der Waals surface area contributed by atoms with Crippen molar-refractivity contribution in [2.45, 2.75) is 25.1 Å². The topological polar surface area (TPSA) is 70.5 Å². The molecule has 2 saturated heterocycles. The van der Waals surface area contributed by atoms with Crippen molar-refractivity contribution < 1.29 is 19.3 Å². The minimum absolute atomic E-state index is 0.216. The number of pyridine rings is 1. The molecule has 166 valence electrons. The van der Waals surface area contributed by atoms with Gasteiger partial charge in [0.1, 0.15) is 5.82 Å². The average Bonchev–Trinajstić information content (AvgIpc) is 3.28. The highest BCUT2D eigenvalue weighted by molar-refractivity contribution is 5.55. The fourth-order valence-corrected chi connectivity index (χ4v) is 4.91. The third-order valence-corrected chi connectivity index (χ3v) is 6.51. The van der Waals surface area contributed by atoms with Gasteiger partial charge < -0.3 is 24.2 Å². The molecular weight excluding hydrogens is 396 g/mol. The van der Waals surface area contributed by atoms with Crippen LogP contribution in [0.1, 0.15) is 12.0 Å². The van der Waals surface area contributed by atoms with Crippen molar-refractivity contribution in [1.82, 2.24) is 14.8 Å². The third-order valence-electron chi connectivity index (χ3n) is 6.51. The number of benzene rings is 1. The Morgan fingerprint density at radius 3 is 2.74 bits per heavy atom. The number of hydrogen-bond acceptors (Lipinski definition) is 8. The van der Waals surface area contributed by atoms with Crippen LogP contribution in [-0.4, -0.2) is 85.2 Å². The van der Waals surface area contributed by atoms with E-state index in [1.165, 1.54) is 0 Å². The zero-order valence-corrected chi connectivity index (χ0v) is 17.9. The number of hydrogen-bond donors (Lipinski definition) is 1. The number of likely N-dealkylation sites (tertiary alicyclic amines) is 1. The van der Waals surface area contributed by atoms with E-state index in [1.54, 1.807) is 7.11 Å². The highest BCUT2D eigenvalue weighted by Crippen LogP contribution is 2.42. The molecule has 0 saturated carbocycles. The molecule has 3 aliphatic heterocycles. The summed E-state index contributed by atoms with van der Waals surface area (Å²) < 4.78 is 16.5. The number of nitrogens with zero attached hydrogens (tertiary/aromatic N) is 4. The van der Waals surface area contributed by atoms with Crippen LogP contribution in [0, 0.1) is 0 Å². The molecule has 0 radical (unpaired) electrons. The Hall–Kier alpha value is -2.55. The number of aliphatic hydroxyl groups is 1. The van der Waals surface area contributed by atoms with E-state index in [-0.39, 0.29) is 18.9 Å². The molecule has 4 heterocycles. The Kier molecular flexibility index (Phi) is 5.85. The summed E-state index contributed by atoms with van der Waals surface area (Å²) >= 11 is 0. The number of piperidine rings is 1. The molecule has 1 N–H and O–H groups in total. The lowest BCUT2D eigenvalue weighted by Crippen LogP contribution is -2.58. The molecule has 0 amide bonds. The van der Waals surface area contributed by atoms with Crippen LogP contribution >= 0.6 is 0 Å². The number of β-amino-alcohol motifs (C(OH)–C–C–N with tert-alkyl or cyclic N) is 1. The first-order chi connectivity index (χ1) is 15.2. The highest BCUT2D eigenvalue weighted by atomic mass is 16.7. The van der Waals surface area contributed by atoms with Crippen LogP contribution in [0.4, 0.5) is 5.82 Å². The minimum Gasteiger partial charge on any atom is -0.493 e. The summed E-state index contributed by atoms with van der Waals surface area (Å²) in [6, 6.07) is 10.3. The van der Waals surface area contributed by atoms with Gasteiger partial charge in [0.25, 0.3) is 0 Å². The maximum atomic E-state index is 10.9. The molecule has 8 nitrogen and oxygen atoms in total. The van der Waals surface area contributed by atoms with Crippen LogP contribution in [-0.2, 0) is 6.54 Å². The molecule has 0 aliphatic carbocycles. The van der Waals surface area contributed by atoms with E-state index in [4.69, 9.17) is 14.2 Å². The summed E-state index contributed by atoms with van der Waals surface area (Å²) in [4.78, 5) is 11.5. The molecule has 31 heavy (non-hydrogen) atoms. The third kappa shape index (κ3) is 4.28. The second-order valence-corrected chi connectivity index (χ2v) is 8.40. The Morgan fingerprint density at radius 1 is 1.13 bits per heavy atom. The van der Waals surface area contributed by atoms with Gasteiger partial charge in [0.2, 0.25) is 12.5 Å². The van der Waals surface area contributed by atoms with Gasteiger partial charge in [-0.1, -0.05) is 6.07 Å². The summed E-state index contributed by atoms with van der Waals surface area (Å²) in [6.07, 6.45) is 2.45. The van der Waals surface area contributed by atoms with Crippen molar-refractivity contribution in [1.29, 1.82) is 0 Å². The standard InChI is InChI=1S/C23H30N4O4/c1-29-20-12-17(13-21-23(20)31-16-30-21)14-25-7-5-18(19(28)15-25)26-8-10-27(11-9-26)22-4-2-3-6-24-22/h2-4,6,12-13,18-19,28H,5,7-11,14-16H2,1H3/t18-,19-/m1/s1. The lowest BCUT2D eigenvalue weighted by atomic mass is 9.98. The van der Waals surface area contributed by atoms with Crippen molar-refractivity contribution in [3.63, 3.8) is 0 Å². The fraction of sp³-hybridized carbons (Fsp3) is 0.522. The Morgan fingerprint density at radius 2 is 2.00 bits per heavy atom. The van der Waals surface area contributed by atoms with Crippen molar-refractivity contribution in [2.24, 2.45) is 0 Å². The Balaban J connectivity index is 1.16. The van der Waals surface area contributed by atoms with E-state index in [0.29, 0.717) is 18.0 Å². The van der Waals surface area contributed by atoms with Gasteiger partial charge in [-0.15, -0.1) is 0 Å². The Bertz CT molecular complexity index is 889. The largest absolute Gasteiger partial charge is 0.493 e. The second kappa shape index (κ2) is 8.90. The van der Waals surface area contributed by atoms with E-state index < -0.39 is 0 Å². The number of piperazine rings is 1. The Labute approximate surface area is 182 Å². The molecule has 0 bridgehead atoms. The van der Waals surface area contributed by atoms with Crippen LogP contribution in [0.15, 0.2) is 36.5 Å². The van der Waals surface area contributed by atoms with Crippen LogP contribution in [0.2, 0.25) is 0 Å². The van der Waals surface area contributed by atoms with Gasteiger partial charge in [-0.2, -0.15) is 0 Å². The second-order valence-electron chi connectivity index (χ2n) is 8.40. The molecule has 5 rings (SSSR count).